The minimum Gasteiger partial charge on any atom is -0.371 e. The van der Waals surface area contributed by atoms with E-state index in [1.807, 2.05) is 12.1 Å². The van der Waals surface area contributed by atoms with E-state index >= 15 is 0 Å². The first-order valence-electron chi connectivity index (χ1n) is 7.28. The van der Waals surface area contributed by atoms with Gasteiger partial charge in [0.25, 0.3) is 0 Å². The third-order valence-corrected chi connectivity index (χ3v) is 6.06. The Morgan fingerprint density at radius 2 is 1.95 bits per heavy atom. The molecule has 0 aliphatic carbocycles. The molecule has 1 saturated heterocycles. The highest BCUT2D eigenvalue weighted by Gasteiger charge is 2.21. The van der Waals surface area contributed by atoms with Crippen LogP contribution < -0.4 is 4.90 Å². The van der Waals surface area contributed by atoms with Crippen molar-refractivity contribution in [2.45, 2.75) is 24.2 Å². The Labute approximate surface area is 132 Å². The monoisotopic (exact) mass is 330 g/mol. The maximum Gasteiger partial charge on any atom is 0.242 e. The smallest absolute Gasteiger partial charge is 0.242 e. The minimum absolute atomic E-state index is 0.338. The molecule has 1 aromatic rings. The Hall–Kier alpha value is -0.780. The second-order valence-electron chi connectivity index (χ2n) is 5.71. The molecule has 1 aliphatic heterocycles. The van der Waals surface area contributed by atoms with E-state index in [0.717, 1.165) is 25.2 Å². The Morgan fingerprint density at radius 3 is 2.52 bits per heavy atom. The highest BCUT2D eigenvalue weighted by molar-refractivity contribution is 7.89. The van der Waals surface area contributed by atoms with Gasteiger partial charge in [-0.1, -0.05) is 0 Å². The second kappa shape index (κ2) is 6.99. The number of rotatable bonds is 5. The highest BCUT2D eigenvalue weighted by Crippen LogP contribution is 2.26. The van der Waals surface area contributed by atoms with Crippen LogP contribution in [0.4, 0.5) is 5.69 Å². The molecule has 1 fully saturated rings. The van der Waals surface area contributed by atoms with Crippen LogP contribution in [0.15, 0.2) is 29.2 Å². The van der Waals surface area contributed by atoms with E-state index in [-0.39, 0.29) is 0 Å². The topological polar surface area (TPSA) is 40.6 Å². The van der Waals surface area contributed by atoms with Crippen molar-refractivity contribution in [2.75, 3.05) is 38.0 Å². The number of nitrogens with zero attached hydrogens (tertiary/aromatic N) is 2. The van der Waals surface area contributed by atoms with E-state index in [4.69, 9.17) is 11.6 Å². The van der Waals surface area contributed by atoms with Gasteiger partial charge in [-0.05, 0) is 49.4 Å². The molecule has 0 amide bonds. The van der Waals surface area contributed by atoms with E-state index in [0.29, 0.717) is 16.7 Å². The van der Waals surface area contributed by atoms with E-state index in [9.17, 15) is 8.42 Å². The molecule has 1 unspecified atom stereocenters. The first-order valence-corrected chi connectivity index (χ1v) is 9.26. The molecule has 1 heterocycles. The lowest BCUT2D eigenvalue weighted by Gasteiger charge is -2.34. The van der Waals surface area contributed by atoms with Gasteiger partial charge in [0.15, 0.2) is 0 Å². The van der Waals surface area contributed by atoms with Crippen molar-refractivity contribution in [3.8, 4) is 0 Å². The summed E-state index contributed by atoms with van der Waals surface area (Å²) in [5, 5.41) is 0. The molecule has 118 valence electrons. The fourth-order valence-electron chi connectivity index (χ4n) is 2.73. The van der Waals surface area contributed by atoms with Crippen LogP contribution in [0.25, 0.3) is 0 Å². The SMILES string of the molecule is CN(C)S(=O)(=O)c1ccc(N2CCCC(CCCl)C2)cc1. The Kier molecular flexibility index (Phi) is 5.52. The molecular formula is C15H23ClN2O2S. The third-order valence-electron chi connectivity index (χ3n) is 4.02. The first kappa shape index (κ1) is 16.6. The predicted molar refractivity (Wildman–Crippen MR) is 87.6 cm³/mol. The van der Waals surface area contributed by atoms with Crippen LogP contribution in [0.1, 0.15) is 19.3 Å². The van der Waals surface area contributed by atoms with Gasteiger partial charge in [-0.25, -0.2) is 12.7 Å². The van der Waals surface area contributed by atoms with E-state index in [1.165, 1.54) is 17.1 Å². The zero-order valence-corrected chi connectivity index (χ0v) is 14.2. The maximum atomic E-state index is 12.1. The van der Waals surface area contributed by atoms with Crippen molar-refractivity contribution < 1.29 is 8.42 Å². The maximum absolute atomic E-state index is 12.1. The summed E-state index contributed by atoms with van der Waals surface area (Å²) in [6, 6.07) is 7.19. The predicted octanol–water partition coefficient (Wildman–Crippen LogP) is 2.78. The summed E-state index contributed by atoms with van der Waals surface area (Å²) in [5.74, 6) is 1.35. The van der Waals surface area contributed by atoms with Crippen LogP contribution in [0, 0.1) is 5.92 Å². The van der Waals surface area contributed by atoms with E-state index in [2.05, 4.69) is 4.90 Å². The van der Waals surface area contributed by atoms with Crippen molar-refractivity contribution in [2.24, 2.45) is 5.92 Å². The molecule has 1 aromatic carbocycles. The summed E-state index contributed by atoms with van der Waals surface area (Å²) in [4.78, 5) is 2.66. The Balaban J connectivity index is 2.12. The molecule has 0 saturated carbocycles. The van der Waals surface area contributed by atoms with Gasteiger partial charge in [-0.3, -0.25) is 0 Å². The minimum atomic E-state index is -3.35. The fourth-order valence-corrected chi connectivity index (χ4v) is 3.94. The van der Waals surface area contributed by atoms with Crippen LogP contribution in [0.5, 0.6) is 0 Å². The standard InChI is InChI=1S/C15H23ClN2O2S/c1-17(2)21(19,20)15-7-5-14(6-8-15)18-11-3-4-13(12-18)9-10-16/h5-8,13H,3-4,9-12H2,1-2H3. The number of piperidine rings is 1. The van der Waals surface area contributed by atoms with Gasteiger partial charge in [-0.15, -0.1) is 11.6 Å². The molecule has 1 atom stereocenters. The molecule has 1 aliphatic rings. The van der Waals surface area contributed by atoms with Crippen LogP contribution in [-0.2, 0) is 10.0 Å². The molecule has 0 N–H and O–H groups in total. The summed E-state index contributed by atoms with van der Waals surface area (Å²) < 4.78 is 25.3. The number of hydrogen-bond acceptors (Lipinski definition) is 3. The molecule has 0 bridgehead atoms. The molecule has 4 nitrogen and oxygen atoms in total. The summed E-state index contributed by atoms with van der Waals surface area (Å²) in [6.45, 7) is 2.03. The normalized spacial score (nSPS) is 20.0. The molecule has 0 radical (unpaired) electrons. The molecule has 6 heteroatoms. The van der Waals surface area contributed by atoms with Gasteiger partial charge in [0.1, 0.15) is 0 Å². The van der Waals surface area contributed by atoms with Crippen molar-refractivity contribution >= 4 is 27.3 Å². The summed E-state index contributed by atoms with van der Waals surface area (Å²) in [6.07, 6.45) is 3.45. The summed E-state index contributed by atoms with van der Waals surface area (Å²) >= 11 is 5.84. The average molecular weight is 331 g/mol. The van der Waals surface area contributed by atoms with Crippen molar-refractivity contribution in [1.29, 1.82) is 0 Å². The quantitative estimate of drug-likeness (QED) is 0.779. The van der Waals surface area contributed by atoms with Crippen molar-refractivity contribution in [3.63, 3.8) is 0 Å². The number of sulfonamides is 1. The molecule has 0 aromatic heterocycles. The lowest BCUT2D eigenvalue weighted by Crippen LogP contribution is -2.35. The van der Waals surface area contributed by atoms with Crippen LogP contribution >= 0.6 is 11.6 Å². The van der Waals surface area contributed by atoms with Crippen LogP contribution in [0.3, 0.4) is 0 Å². The zero-order chi connectivity index (χ0) is 15.5. The van der Waals surface area contributed by atoms with Crippen LogP contribution in [-0.4, -0.2) is 45.8 Å². The highest BCUT2D eigenvalue weighted by atomic mass is 35.5. The zero-order valence-electron chi connectivity index (χ0n) is 12.6. The summed E-state index contributed by atoms with van der Waals surface area (Å²) in [5.41, 5.74) is 1.09. The Bertz CT molecular complexity index is 556. The van der Waals surface area contributed by atoms with Crippen LogP contribution in [0.2, 0.25) is 0 Å². The fraction of sp³-hybridized carbons (Fsp3) is 0.600. The van der Waals surface area contributed by atoms with E-state index in [1.54, 1.807) is 26.2 Å². The van der Waals surface area contributed by atoms with Gasteiger partial charge in [0.2, 0.25) is 10.0 Å². The first-order chi connectivity index (χ1) is 9.95. The number of benzene rings is 1. The van der Waals surface area contributed by atoms with Gasteiger partial charge < -0.3 is 4.90 Å². The molecule has 21 heavy (non-hydrogen) atoms. The largest absolute Gasteiger partial charge is 0.371 e. The van der Waals surface area contributed by atoms with Gasteiger partial charge in [0, 0.05) is 38.8 Å². The van der Waals surface area contributed by atoms with E-state index < -0.39 is 10.0 Å². The van der Waals surface area contributed by atoms with Gasteiger partial charge >= 0.3 is 0 Å². The number of alkyl halides is 1. The molecular weight excluding hydrogens is 308 g/mol. The summed E-state index contributed by atoms with van der Waals surface area (Å²) in [7, 11) is -0.254. The van der Waals surface area contributed by atoms with Gasteiger partial charge in [-0.2, -0.15) is 0 Å². The number of halogens is 1. The van der Waals surface area contributed by atoms with Gasteiger partial charge in [0.05, 0.1) is 4.90 Å². The molecule has 2 rings (SSSR count). The lowest BCUT2D eigenvalue weighted by molar-refractivity contribution is 0.406. The number of anilines is 1. The third kappa shape index (κ3) is 3.90. The van der Waals surface area contributed by atoms with Crippen molar-refractivity contribution in [1.82, 2.24) is 4.31 Å². The lowest BCUT2D eigenvalue weighted by atomic mass is 9.95. The Morgan fingerprint density at radius 1 is 1.29 bits per heavy atom. The number of hydrogen-bond donors (Lipinski definition) is 0. The molecule has 0 spiro atoms. The second-order valence-corrected chi connectivity index (χ2v) is 8.24. The average Bonchev–Trinajstić information content (AvgIpc) is 2.48. The van der Waals surface area contributed by atoms with Crippen molar-refractivity contribution in [3.05, 3.63) is 24.3 Å².